The zero-order valence-electron chi connectivity index (χ0n) is 18.5. The number of benzene rings is 2. The molecule has 1 aliphatic heterocycles. The van der Waals surface area contributed by atoms with Crippen LogP contribution in [0.2, 0.25) is 0 Å². The second kappa shape index (κ2) is 9.46. The maximum absolute atomic E-state index is 13.6. The maximum atomic E-state index is 13.6. The van der Waals surface area contributed by atoms with Crippen LogP contribution in [0.5, 0.6) is 0 Å². The van der Waals surface area contributed by atoms with Gasteiger partial charge >= 0.3 is 5.97 Å². The summed E-state index contributed by atoms with van der Waals surface area (Å²) in [7, 11) is -2.80. The summed E-state index contributed by atoms with van der Waals surface area (Å²) < 4.78 is 38.9. The Morgan fingerprint density at radius 3 is 2.76 bits per heavy atom. The summed E-state index contributed by atoms with van der Waals surface area (Å²) in [5.74, 6) is -0.626. The van der Waals surface area contributed by atoms with E-state index < -0.39 is 16.0 Å². The first-order valence-electron chi connectivity index (χ1n) is 10.7. The first-order chi connectivity index (χ1) is 15.8. The van der Waals surface area contributed by atoms with Gasteiger partial charge in [0.15, 0.2) is 0 Å². The monoisotopic (exact) mass is 470 g/mol. The van der Waals surface area contributed by atoms with Crippen molar-refractivity contribution < 1.29 is 22.7 Å². The quantitative estimate of drug-likeness (QED) is 0.532. The molecule has 1 N–H and O–H groups in total. The van der Waals surface area contributed by atoms with Gasteiger partial charge in [0.25, 0.3) is 5.56 Å². The van der Waals surface area contributed by atoms with Crippen molar-refractivity contribution in [2.24, 2.45) is 0 Å². The van der Waals surface area contributed by atoms with E-state index in [4.69, 9.17) is 9.47 Å². The number of nitrogens with one attached hydrogen (secondary N) is 1. The van der Waals surface area contributed by atoms with E-state index in [-0.39, 0.29) is 35.2 Å². The fraction of sp³-hybridized carbons (Fsp3) is 0.333. The van der Waals surface area contributed by atoms with Gasteiger partial charge in [0.2, 0.25) is 10.0 Å². The molecule has 0 amide bonds. The van der Waals surface area contributed by atoms with E-state index in [2.05, 4.69) is 4.98 Å². The minimum absolute atomic E-state index is 0.0449. The minimum Gasteiger partial charge on any atom is -0.465 e. The lowest BCUT2D eigenvalue weighted by atomic mass is 10.1. The van der Waals surface area contributed by atoms with E-state index in [1.807, 2.05) is 25.1 Å². The third kappa shape index (κ3) is 5.00. The number of aryl methyl sites for hydroxylation is 1. The van der Waals surface area contributed by atoms with E-state index >= 15 is 0 Å². The zero-order valence-corrected chi connectivity index (χ0v) is 19.4. The Morgan fingerprint density at radius 2 is 2.03 bits per heavy atom. The number of hydrogen-bond acceptors (Lipinski definition) is 6. The van der Waals surface area contributed by atoms with Crippen LogP contribution in [0.3, 0.4) is 0 Å². The molecule has 0 saturated carbocycles. The van der Waals surface area contributed by atoms with Gasteiger partial charge in [-0.3, -0.25) is 4.79 Å². The largest absolute Gasteiger partial charge is 0.465 e. The third-order valence-electron chi connectivity index (χ3n) is 5.75. The summed E-state index contributed by atoms with van der Waals surface area (Å²) in [5, 5.41) is 0.826. The van der Waals surface area contributed by atoms with Crippen LogP contribution in [-0.4, -0.2) is 50.0 Å². The number of carbonyl (C=O) groups excluding carboxylic acids is 1. The fourth-order valence-electron chi connectivity index (χ4n) is 3.99. The molecular formula is C24H26N2O6S. The van der Waals surface area contributed by atoms with Crippen molar-refractivity contribution in [2.45, 2.75) is 37.3 Å². The fourth-order valence-corrected chi connectivity index (χ4v) is 5.49. The number of H-pyrrole nitrogens is 1. The molecule has 1 aliphatic rings. The standard InChI is InChI=1S/C24H26N2O6S/c1-16-8-9-22-18(11-16)12-19(23(27)25-22)14-26(15-20-6-4-10-32-20)33(29,30)21-7-3-5-17(13-21)24(28)31-2/h3,5,7-9,11-13,20H,4,6,10,14-15H2,1-2H3,(H,25,27)/t20-/m0/s1. The molecule has 0 spiro atoms. The molecule has 0 radical (unpaired) electrons. The number of aromatic nitrogens is 1. The van der Waals surface area contributed by atoms with Crippen molar-refractivity contribution in [3.63, 3.8) is 0 Å². The molecule has 1 saturated heterocycles. The molecule has 174 valence electrons. The Labute approximate surface area is 192 Å². The van der Waals surface area contributed by atoms with Gasteiger partial charge in [0.05, 0.1) is 23.7 Å². The molecule has 1 aromatic heterocycles. The molecule has 3 aromatic rings. The predicted octanol–water partition coefficient (Wildman–Crippen LogP) is 2.99. The number of nitrogens with zero attached hydrogens (tertiary/aromatic N) is 1. The first-order valence-corrected chi connectivity index (χ1v) is 12.1. The number of carbonyl (C=O) groups is 1. The Balaban J connectivity index is 1.74. The van der Waals surface area contributed by atoms with Crippen LogP contribution < -0.4 is 5.56 Å². The van der Waals surface area contributed by atoms with E-state index in [0.29, 0.717) is 17.7 Å². The summed E-state index contributed by atoms with van der Waals surface area (Å²) in [6.45, 7) is 2.51. The molecule has 9 heteroatoms. The van der Waals surface area contributed by atoms with Crippen molar-refractivity contribution >= 4 is 26.9 Å². The zero-order chi connectivity index (χ0) is 23.6. The number of pyridine rings is 1. The highest BCUT2D eigenvalue weighted by atomic mass is 32.2. The summed E-state index contributed by atoms with van der Waals surface area (Å²) in [6, 6.07) is 13.1. The number of esters is 1. The van der Waals surface area contributed by atoms with Gasteiger partial charge in [0, 0.05) is 30.8 Å². The summed E-state index contributed by atoms with van der Waals surface area (Å²) in [4.78, 5) is 27.5. The molecular weight excluding hydrogens is 444 g/mol. The normalized spacial score (nSPS) is 16.4. The van der Waals surface area contributed by atoms with Crippen LogP contribution >= 0.6 is 0 Å². The van der Waals surface area contributed by atoms with E-state index in [0.717, 1.165) is 23.8 Å². The molecule has 0 aliphatic carbocycles. The van der Waals surface area contributed by atoms with Crippen molar-refractivity contribution in [1.82, 2.24) is 9.29 Å². The first kappa shape index (κ1) is 23.2. The van der Waals surface area contributed by atoms with Gasteiger partial charge in [-0.05, 0) is 61.5 Å². The Kier molecular flexibility index (Phi) is 6.64. The second-order valence-corrected chi connectivity index (χ2v) is 10.1. The van der Waals surface area contributed by atoms with Crippen LogP contribution in [0.15, 0.2) is 58.2 Å². The molecule has 0 bridgehead atoms. The van der Waals surface area contributed by atoms with Crippen LogP contribution in [0, 0.1) is 6.92 Å². The summed E-state index contributed by atoms with van der Waals surface area (Å²) in [5.41, 5.74) is 1.84. The number of hydrogen-bond donors (Lipinski definition) is 1. The number of sulfonamides is 1. The van der Waals surface area contributed by atoms with Crippen LogP contribution in [-0.2, 0) is 26.0 Å². The Hall–Kier alpha value is -3.01. The lowest BCUT2D eigenvalue weighted by molar-refractivity contribution is 0.0600. The second-order valence-electron chi connectivity index (χ2n) is 8.17. The van der Waals surface area contributed by atoms with Gasteiger partial charge in [-0.2, -0.15) is 4.31 Å². The molecule has 8 nitrogen and oxygen atoms in total. The van der Waals surface area contributed by atoms with E-state index in [9.17, 15) is 18.0 Å². The third-order valence-corrected chi connectivity index (χ3v) is 7.56. The number of methoxy groups -OCH3 is 1. The van der Waals surface area contributed by atoms with E-state index in [1.54, 1.807) is 6.07 Å². The number of ether oxygens (including phenoxy) is 2. The van der Waals surface area contributed by atoms with Crippen molar-refractivity contribution in [3.8, 4) is 0 Å². The minimum atomic E-state index is -4.04. The van der Waals surface area contributed by atoms with E-state index in [1.165, 1.54) is 35.7 Å². The number of aromatic amines is 1. The molecule has 33 heavy (non-hydrogen) atoms. The number of rotatable bonds is 7. The van der Waals surface area contributed by atoms with Gasteiger partial charge in [-0.1, -0.05) is 17.7 Å². The van der Waals surface area contributed by atoms with Crippen LogP contribution in [0.1, 0.15) is 34.3 Å². The molecule has 1 fully saturated rings. The highest BCUT2D eigenvalue weighted by Gasteiger charge is 2.30. The molecule has 4 rings (SSSR count). The maximum Gasteiger partial charge on any atom is 0.337 e. The summed E-state index contributed by atoms with van der Waals surface area (Å²) in [6.07, 6.45) is 1.33. The lowest BCUT2D eigenvalue weighted by Crippen LogP contribution is -2.38. The molecule has 2 aromatic carbocycles. The Bertz CT molecular complexity index is 1340. The van der Waals surface area contributed by atoms with Crippen LogP contribution in [0.4, 0.5) is 0 Å². The molecule has 0 unspecified atom stereocenters. The smallest absolute Gasteiger partial charge is 0.337 e. The molecule has 2 heterocycles. The van der Waals surface area contributed by atoms with Crippen molar-refractivity contribution in [3.05, 3.63) is 75.6 Å². The summed E-state index contributed by atoms with van der Waals surface area (Å²) >= 11 is 0. The highest BCUT2D eigenvalue weighted by molar-refractivity contribution is 7.89. The van der Waals surface area contributed by atoms with Gasteiger partial charge in [-0.25, -0.2) is 13.2 Å². The van der Waals surface area contributed by atoms with Gasteiger partial charge < -0.3 is 14.5 Å². The average molecular weight is 471 g/mol. The van der Waals surface area contributed by atoms with Gasteiger partial charge in [-0.15, -0.1) is 0 Å². The topological polar surface area (TPSA) is 106 Å². The highest BCUT2D eigenvalue weighted by Crippen LogP contribution is 2.23. The van der Waals surface area contributed by atoms with Crippen molar-refractivity contribution in [1.29, 1.82) is 0 Å². The van der Waals surface area contributed by atoms with Gasteiger partial charge in [0.1, 0.15) is 0 Å². The molecule has 1 atom stereocenters. The van der Waals surface area contributed by atoms with Crippen LogP contribution in [0.25, 0.3) is 10.9 Å². The van der Waals surface area contributed by atoms with Crippen molar-refractivity contribution in [2.75, 3.05) is 20.3 Å². The SMILES string of the molecule is COC(=O)c1cccc(S(=O)(=O)N(Cc2cc3cc(C)ccc3[nH]c2=O)C[C@@H]2CCCO2)c1. The Morgan fingerprint density at radius 1 is 1.21 bits per heavy atom. The lowest BCUT2D eigenvalue weighted by Gasteiger charge is -2.25. The predicted molar refractivity (Wildman–Crippen MR) is 124 cm³/mol. The average Bonchev–Trinajstić information content (AvgIpc) is 3.32. The number of fused-ring (bicyclic) bond motifs is 1.